The number of nitrogens with two attached hydrogens (primary N) is 1. The lowest BCUT2D eigenvalue weighted by atomic mass is 10.1. The molecule has 1 heterocycles. The molecule has 1 aliphatic rings. The van der Waals surface area contributed by atoms with E-state index in [1.165, 1.54) is 0 Å². The molecule has 27 heavy (non-hydrogen) atoms. The quantitative estimate of drug-likeness (QED) is 0.402. The van der Waals surface area contributed by atoms with Gasteiger partial charge in [0, 0.05) is 12.2 Å². The SMILES string of the molecule is C[NH+]=C(C(=O)NC1CCNC1=O)c1cc(OCc2ccccc2)ccc1N. The molecule has 2 amide bonds. The van der Waals surface area contributed by atoms with Crippen molar-refractivity contribution in [1.29, 1.82) is 0 Å². The molecule has 1 aliphatic heterocycles. The van der Waals surface area contributed by atoms with E-state index in [2.05, 4.69) is 15.6 Å². The van der Waals surface area contributed by atoms with Crippen LogP contribution in [0.2, 0.25) is 0 Å². The van der Waals surface area contributed by atoms with Gasteiger partial charge in [0.05, 0.1) is 5.56 Å². The molecule has 1 saturated heterocycles. The average Bonchev–Trinajstić information content (AvgIpc) is 3.08. The molecule has 0 saturated carbocycles. The third kappa shape index (κ3) is 4.44. The Kier molecular flexibility index (Phi) is 5.71. The van der Waals surface area contributed by atoms with Gasteiger partial charge in [-0.2, -0.15) is 0 Å². The second kappa shape index (κ2) is 8.35. The fourth-order valence-corrected chi connectivity index (χ4v) is 2.92. The van der Waals surface area contributed by atoms with Crippen molar-refractivity contribution in [2.24, 2.45) is 0 Å². The van der Waals surface area contributed by atoms with Gasteiger partial charge in [0.25, 0.3) is 5.71 Å². The number of rotatable bonds is 6. The van der Waals surface area contributed by atoms with Crippen molar-refractivity contribution in [2.45, 2.75) is 19.1 Å². The minimum absolute atomic E-state index is 0.174. The number of ether oxygens (including phenoxy) is 1. The van der Waals surface area contributed by atoms with Crippen LogP contribution in [0.3, 0.4) is 0 Å². The summed E-state index contributed by atoms with van der Waals surface area (Å²) in [6.45, 7) is 0.969. The molecule has 2 aromatic rings. The molecule has 3 rings (SSSR count). The van der Waals surface area contributed by atoms with Gasteiger partial charge in [-0.15, -0.1) is 0 Å². The fourth-order valence-electron chi connectivity index (χ4n) is 2.92. The summed E-state index contributed by atoms with van der Waals surface area (Å²) in [7, 11) is 1.64. The zero-order valence-electron chi connectivity index (χ0n) is 15.1. The normalized spacial score (nSPS) is 16.7. The largest absolute Gasteiger partial charge is 0.489 e. The summed E-state index contributed by atoms with van der Waals surface area (Å²) in [6, 6.07) is 14.4. The lowest BCUT2D eigenvalue weighted by Crippen LogP contribution is -2.72. The zero-order valence-corrected chi connectivity index (χ0v) is 15.1. The number of hydrogen-bond donors (Lipinski definition) is 4. The highest BCUT2D eigenvalue weighted by molar-refractivity contribution is 6.44. The maximum Gasteiger partial charge on any atom is 0.316 e. The van der Waals surface area contributed by atoms with Crippen LogP contribution in [0.15, 0.2) is 48.5 Å². The van der Waals surface area contributed by atoms with E-state index >= 15 is 0 Å². The standard InChI is InChI=1S/C20H22N4O3/c1-22-18(20(26)24-17-9-10-23-19(17)25)15-11-14(7-8-16(15)21)27-12-13-5-3-2-4-6-13/h2-8,11,17H,9-10,12,21H2,1H3,(H,23,25)(H,24,26)/p+1. The van der Waals surface area contributed by atoms with Crippen LogP contribution in [0, 0.1) is 0 Å². The molecule has 0 aromatic heterocycles. The highest BCUT2D eigenvalue weighted by Gasteiger charge is 2.30. The Hall–Kier alpha value is -3.35. The first-order chi connectivity index (χ1) is 13.1. The second-order valence-corrected chi connectivity index (χ2v) is 6.25. The van der Waals surface area contributed by atoms with Crippen molar-refractivity contribution in [3.63, 3.8) is 0 Å². The van der Waals surface area contributed by atoms with Gasteiger partial charge in [-0.3, -0.25) is 9.59 Å². The van der Waals surface area contributed by atoms with Crippen LogP contribution in [-0.4, -0.2) is 37.2 Å². The van der Waals surface area contributed by atoms with Gasteiger partial charge in [-0.05, 0) is 30.2 Å². The maximum absolute atomic E-state index is 12.6. The van der Waals surface area contributed by atoms with E-state index in [9.17, 15) is 9.59 Å². The number of anilines is 1. The van der Waals surface area contributed by atoms with Gasteiger partial charge in [0.2, 0.25) is 5.91 Å². The summed E-state index contributed by atoms with van der Waals surface area (Å²) in [6.07, 6.45) is 0.567. The van der Waals surface area contributed by atoms with E-state index in [4.69, 9.17) is 10.5 Å². The summed E-state index contributed by atoms with van der Waals surface area (Å²) in [5.74, 6) is 0.0420. The zero-order chi connectivity index (χ0) is 19.2. The monoisotopic (exact) mass is 367 g/mol. The molecule has 0 bridgehead atoms. The molecular weight excluding hydrogens is 344 g/mol. The Morgan fingerprint density at radius 1 is 1.30 bits per heavy atom. The Morgan fingerprint density at radius 3 is 2.74 bits per heavy atom. The number of nitrogens with one attached hydrogen (secondary N) is 3. The number of carbonyl (C=O) groups excluding carboxylic acids is 2. The van der Waals surface area contributed by atoms with E-state index in [1.807, 2.05) is 30.3 Å². The first-order valence-corrected chi connectivity index (χ1v) is 8.78. The number of amides is 2. The molecule has 140 valence electrons. The smallest absolute Gasteiger partial charge is 0.316 e. The van der Waals surface area contributed by atoms with Gasteiger partial charge in [0.15, 0.2) is 0 Å². The average molecular weight is 367 g/mol. The predicted molar refractivity (Wildman–Crippen MR) is 102 cm³/mol. The highest BCUT2D eigenvalue weighted by atomic mass is 16.5. The van der Waals surface area contributed by atoms with Crippen LogP contribution < -0.4 is 26.1 Å². The van der Waals surface area contributed by atoms with Crippen LogP contribution in [0.4, 0.5) is 5.69 Å². The van der Waals surface area contributed by atoms with Crippen molar-refractivity contribution >= 4 is 23.2 Å². The predicted octanol–water partition coefficient (Wildman–Crippen LogP) is -0.648. The molecule has 5 N–H and O–H groups in total. The van der Waals surface area contributed by atoms with Crippen LogP contribution in [0.25, 0.3) is 0 Å². The van der Waals surface area contributed by atoms with Gasteiger partial charge in [-0.1, -0.05) is 30.3 Å². The third-order valence-corrected chi connectivity index (χ3v) is 4.37. The van der Waals surface area contributed by atoms with Crippen LogP contribution in [0.5, 0.6) is 5.75 Å². The van der Waals surface area contributed by atoms with E-state index in [0.717, 1.165) is 5.56 Å². The van der Waals surface area contributed by atoms with E-state index in [0.29, 0.717) is 36.6 Å². The highest BCUT2D eigenvalue weighted by Crippen LogP contribution is 2.21. The van der Waals surface area contributed by atoms with Crippen LogP contribution in [-0.2, 0) is 16.2 Å². The topological polar surface area (TPSA) is 107 Å². The van der Waals surface area contributed by atoms with Gasteiger partial charge in [0.1, 0.15) is 25.4 Å². The maximum atomic E-state index is 12.6. The molecule has 1 atom stereocenters. The van der Waals surface area contributed by atoms with Crippen LogP contribution >= 0.6 is 0 Å². The number of hydrogen-bond acceptors (Lipinski definition) is 4. The molecule has 0 aliphatic carbocycles. The van der Waals surface area contributed by atoms with Crippen molar-refractivity contribution in [3.05, 3.63) is 59.7 Å². The van der Waals surface area contributed by atoms with Gasteiger partial charge in [-0.25, -0.2) is 4.99 Å². The van der Waals surface area contributed by atoms with Crippen molar-refractivity contribution < 1.29 is 19.3 Å². The Balaban J connectivity index is 1.75. The van der Waals surface area contributed by atoms with Crippen molar-refractivity contribution in [1.82, 2.24) is 10.6 Å². The summed E-state index contributed by atoms with van der Waals surface area (Å²) >= 11 is 0. The Bertz CT molecular complexity index is 865. The molecule has 7 heteroatoms. The number of carbonyl (C=O) groups is 2. The molecule has 0 spiro atoms. The minimum Gasteiger partial charge on any atom is -0.489 e. The second-order valence-electron chi connectivity index (χ2n) is 6.25. The lowest BCUT2D eigenvalue weighted by Gasteiger charge is -2.12. The first kappa shape index (κ1) is 18.4. The summed E-state index contributed by atoms with van der Waals surface area (Å²) in [4.78, 5) is 27.2. The molecular formula is C20H23N4O3+. The fraction of sp³-hybridized carbons (Fsp3) is 0.250. The van der Waals surface area contributed by atoms with E-state index in [-0.39, 0.29) is 17.5 Å². The van der Waals surface area contributed by atoms with Gasteiger partial charge < -0.3 is 21.1 Å². The molecule has 2 aromatic carbocycles. The third-order valence-electron chi connectivity index (χ3n) is 4.37. The summed E-state index contributed by atoms with van der Waals surface area (Å²) in [5, 5.41) is 5.43. The van der Waals surface area contributed by atoms with Crippen molar-refractivity contribution in [3.8, 4) is 5.75 Å². The molecule has 0 radical (unpaired) electrons. The molecule has 7 nitrogen and oxygen atoms in total. The first-order valence-electron chi connectivity index (χ1n) is 8.78. The van der Waals surface area contributed by atoms with Gasteiger partial charge >= 0.3 is 5.91 Å². The van der Waals surface area contributed by atoms with E-state index < -0.39 is 6.04 Å². The molecule has 1 unspecified atom stereocenters. The number of nitrogen functional groups attached to an aromatic ring is 1. The minimum atomic E-state index is -0.528. The van der Waals surface area contributed by atoms with Crippen molar-refractivity contribution in [2.75, 3.05) is 19.3 Å². The molecule has 1 fully saturated rings. The summed E-state index contributed by atoms with van der Waals surface area (Å²) in [5.41, 5.74) is 8.37. The Labute approximate surface area is 157 Å². The Morgan fingerprint density at radius 2 is 2.07 bits per heavy atom. The van der Waals surface area contributed by atoms with E-state index in [1.54, 1.807) is 25.2 Å². The summed E-state index contributed by atoms with van der Waals surface area (Å²) < 4.78 is 5.82. The van der Waals surface area contributed by atoms with Crippen LogP contribution in [0.1, 0.15) is 17.5 Å². The number of benzene rings is 2. The lowest BCUT2D eigenvalue weighted by molar-refractivity contribution is -0.418.